The lowest BCUT2D eigenvalue weighted by Crippen LogP contribution is -2.07. The number of imidazole rings is 1. The van der Waals surface area contributed by atoms with Crippen LogP contribution in [0, 0.1) is 0 Å². The van der Waals surface area contributed by atoms with Crippen molar-refractivity contribution in [3.8, 4) is 11.5 Å². The summed E-state index contributed by atoms with van der Waals surface area (Å²) in [5.41, 5.74) is 6.36. The number of rotatable bonds is 5. The lowest BCUT2D eigenvalue weighted by Gasteiger charge is -2.03. The minimum absolute atomic E-state index is 0.698. The first-order valence-corrected chi connectivity index (χ1v) is 5.26. The van der Waals surface area contributed by atoms with Crippen molar-refractivity contribution in [2.24, 2.45) is 12.8 Å². The number of nitrogens with zero attached hydrogens (tertiary/aromatic N) is 6. The molecular formula is C9H15N7. The first kappa shape index (κ1) is 10.7. The number of nitrogens with two attached hydrogens (primary N) is 1. The van der Waals surface area contributed by atoms with Gasteiger partial charge in [0, 0.05) is 13.6 Å². The average Bonchev–Trinajstić information content (AvgIpc) is 2.87. The summed E-state index contributed by atoms with van der Waals surface area (Å²) in [5.74, 6) is 0.747. The Morgan fingerprint density at radius 1 is 1.38 bits per heavy atom. The van der Waals surface area contributed by atoms with Crippen LogP contribution in [0.4, 0.5) is 0 Å². The number of aromatic nitrogens is 6. The largest absolute Gasteiger partial charge is 0.331 e. The summed E-state index contributed by atoms with van der Waals surface area (Å²) in [7, 11) is 1.92. The van der Waals surface area contributed by atoms with Crippen molar-refractivity contribution in [2.75, 3.05) is 6.54 Å². The zero-order valence-electron chi connectivity index (χ0n) is 9.24. The predicted molar refractivity (Wildman–Crippen MR) is 58.3 cm³/mol. The van der Waals surface area contributed by atoms with Gasteiger partial charge in [0.15, 0.2) is 5.82 Å². The molecule has 0 aliphatic carbocycles. The molecule has 0 spiro atoms. The Kier molecular flexibility index (Phi) is 3.25. The van der Waals surface area contributed by atoms with Gasteiger partial charge in [-0.3, -0.25) is 0 Å². The Hall–Kier alpha value is -1.76. The van der Waals surface area contributed by atoms with Gasteiger partial charge in [0.25, 0.3) is 0 Å². The molecule has 2 N–H and O–H groups in total. The van der Waals surface area contributed by atoms with Crippen LogP contribution in [0.15, 0.2) is 12.5 Å². The van der Waals surface area contributed by atoms with Gasteiger partial charge in [0.2, 0.25) is 0 Å². The molecule has 86 valence electrons. The minimum atomic E-state index is 0.698. The van der Waals surface area contributed by atoms with Crippen LogP contribution >= 0.6 is 0 Å². The fourth-order valence-electron chi connectivity index (χ4n) is 1.52. The zero-order valence-corrected chi connectivity index (χ0v) is 9.24. The number of unbranched alkanes of at least 4 members (excludes halogenated alkanes) is 1. The van der Waals surface area contributed by atoms with E-state index in [2.05, 4.69) is 20.5 Å². The summed E-state index contributed by atoms with van der Waals surface area (Å²) >= 11 is 0. The Morgan fingerprint density at radius 3 is 2.94 bits per heavy atom. The van der Waals surface area contributed by atoms with E-state index in [9.17, 15) is 0 Å². The molecule has 0 aromatic carbocycles. The van der Waals surface area contributed by atoms with Crippen LogP contribution in [0.3, 0.4) is 0 Å². The molecule has 7 nitrogen and oxygen atoms in total. The third kappa shape index (κ3) is 2.08. The molecule has 7 heteroatoms. The fourth-order valence-corrected chi connectivity index (χ4v) is 1.52. The van der Waals surface area contributed by atoms with E-state index in [1.54, 1.807) is 17.2 Å². The van der Waals surface area contributed by atoms with Crippen LogP contribution in [-0.4, -0.2) is 36.3 Å². The van der Waals surface area contributed by atoms with Gasteiger partial charge in [-0.05, 0) is 29.8 Å². The third-order valence-corrected chi connectivity index (χ3v) is 2.40. The number of hydrogen-bond acceptors (Lipinski definition) is 5. The van der Waals surface area contributed by atoms with Crippen LogP contribution in [0.5, 0.6) is 0 Å². The number of aryl methyl sites for hydroxylation is 2. The van der Waals surface area contributed by atoms with Gasteiger partial charge in [-0.25, -0.2) is 9.67 Å². The van der Waals surface area contributed by atoms with Crippen molar-refractivity contribution in [1.82, 2.24) is 29.8 Å². The second-order valence-electron chi connectivity index (χ2n) is 3.61. The van der Waals surface area contributed by atoms with Crippen molar-refractivity contribution in [2.45, 2.75) is 19.4 Å². The summed E-state index contributed by atoms with van der Waals surface area (Å²) in [6, 6.07) is 0. The maximum atomic E-state index is 5.45. The van der Waals surface area contributed by atoms with E-state index < -0.39 is 0 Å². The molecule has 0 bridgehead atoms. The zero-order chi connectivity index (χ0) is 11.4. The van der Waals surface area contributed by atoms with E-state index >= 15 is 0 Å². The molecule has 0 saturated heterocycles. The summed E-state index contributed by atoms with van der Waals surface area (Å²) in [5, 5.41) is 11.7. The molecule has 0 unspecified atom stereocenters. The van der Waals surface area contributed by atoms with Crippen molar-refractivity contribution < 1.29 is 0 Å². The van der Waals surface area contributed by atoms with Crippen LogP contribution in [0.2, 0.25) is 0 Å². The maximum absolute atomic E-state index is 5.45. The van der Waals surface area contributed by atoms with E-state index in [1.807, 2.05) is 11.6 Å². The summed E-state index contributed by atoms with van der Waals surface area (Å²) in [6.45, 7) is 1.48. The maximum Gasteiger partial charge on any atom is 0.200 e. The molecule has 0 amide bonds. The molecule has 2 rings (SSSR count). The van der Waals surface area contributed by atoms with Crippen LogP contribution in [0.25, 0.3) is 11.5 Å². The molecule has 0 aliphatic heterocycles. The molecule has 0 aliphatic rings. The first-order valence-electron chi connectivity index (χ1n) is 5.26. The second-order valence-corrected chi connectivity index (χ2v) is 3.61. The molecular weight excluding hydrogens is 206 g/mol. The summed E-state index contributed by atoms with van der Waals surface area (Å²) in [6.07, 6.45) is 5.44. The normalized spacial score (nSPS) is 10.9. The van der Waals surface area contributed by atoms with Crippen molar-refractivity contribution >= 4 is 0 Å². The number of tetrazole rings is 1. The average molecular weight is 221 g/mol. The van der Waals surface area contributed by atoms with Crippen molar-refractivity contribution in [3.05, 3.63) is 12.5 Å². The SMILES string of the molecule is Cn1cncc1-c1nnnn1CCCCN. The standard InChI is InChI=1S/C9H15N7/c1-15-7-11-6-8(15)9-12-13-14-16(9)5-3-2-4-10/h6-7H,2-5,10H2,1H3. The highest BCUT2D eigenvalue weighted by molar-refractivity contribution is 5.47. The Labute approximate surface area is 93.3 Å². The van der Waals surface area contributed by atoms with E-state index in [0.29, 0.717) is 6.54 Å². The lowest BCUT2D eigenvalue weighted by atomic mass is 10.3. The van der Waals surface area contributed by atoms with Crippen LogP contribution in [0.1, 0.15) is 12.8 Å². The third-order valence-electron chi connectivity index (χ3n) is 2.40. The highest BCUT2D eigenvalue weighted by atomic mass is 15.5. The second kappa shape index (κ2) is 4.84. The molecule has 0 saturated carbocycles. The highest BCUT2D eigenvalue weighted by Crippen LogP contribution is 2.13. The molecule has 2 heterocycles. The highest BCUT2D eigenvalue weighted by Gasteiger charge is 2.11. The van der Waals surface area contributed by atoms with Crippen molar-refractivity contribution in [1.29, 1.82) is 0 Å². The Bertz CT molecular complexity index is 444. The predicted octanol–water partition coefficient (Wildman–Crippen LogP) is -0.187. The molecule has 0 radical (unpaired) electrons. The minimum Gasteiger partial charge on any atom is -0.331 e. The van der Waals surface area contributed by atoms with Gasteiger partial charge in [-0.15, -0.1) is 5.10 Å². The number of hydrogen-bond donors (Lipinski definition) is 1. The molecule has 0 atom stereocenters. The van der Waals surface area contributed by atoms with Crippen LogP contribution in [-0.2, 0) is 13.6 Å². The quantitative estimate of drug-likeness (QED) is 0.707. The summed E-state index contributed by atoms with van der Waals surface area (Å²) < 4.78 is 3.68. The van der Waals surface area contributed by atoms with E-state index in [-0.39, 0.29) is 0 Å². The first-order chi connectivity index (χ1) is 7.83. The van der Waals surface area contributed by atoms with E-state index in [4.69, 9.17) is 5.73 Å². The van der Waals surface area contributed by atoms with Gasteiger partial charge in [-0.2, -0.15) is 0 Å². The molecule has 2 aromatic heterocycles. The van der Waals surface area contributed by atoms with E-state index in [1.165, 1.54) is 0 Å². The monoisotopic (exact) mass is 221 g/mol. The lowest BCUT2D eigenvalue weighted by molar-refractivity contribution is 0.547. The van der Waals surface area contributed by atoms with Gasteiger partial charge in [0.05, 0.1) is 12.5 Å². The smallest absolute Gasteiger partial charge is 0.200 e. The molecule has 0 fully saturated rings. The van der Waals surface area contributed by atoms with Gasteiger partial charge >= 0.3 is 0 Å². The van der Waals surface area contributed by atoms with Gasteiger partial charge < -0.3 is 10.3 Å². The summed E-state index contributed by atoms with van der Waals surface area (Å²) in [4.78, 5) is 4.05. The Balaban J connectivity index is 2.16. The van der Waals surface area contributed by atoms with Gasteiger partial charge in [0.1, 0.15) is 5.69 Å². The molecule has 2 aromatic rings. The van der Waals surface area contributed by atoms with Crippen LogP contribution < -0.4 is 5.73 Å². The topological polar surface area (TPSA) is 87.4 Å². The fraction of sp³-hybridized carbons (Fsp3) is 0.556. The van der Waals surface area contributed by atoms with Gasteiger partial charge in [-0.1, -0.05) is 0 Å². The Morgan fingerprint density at radius 2 is 2.25 bits per heavy atom. The van der Waals surface area contributed by atoms with Crippen molar-refractivity contribution in [3.63, 3.8) is 0 Å². The molecule has 16 heavy (non-hydrogen) atoms. The van der Waals surface area contributed by atoms with E-state index in [0.717, 1.165) is 30.9 Å².